The minimum atomic E-state index is 0.0675. The molecular weight excluding hydrogens is 244 g/mol. The van der Waals surface area contributed by atoms with Gasteiger partial charge in [-0.1, -0.05) is 54.1 Å². The van der Waals surface area contributed by atoms with E-state index in [1.165, 1.54) is 22.3 Å². The van der Waals surface area contributed by atoms with E-state index in [1.54, 1.807) is 6.92 Å². The van der Waals surface area contributed by atoms with Gasteiger partial charge in [-0.15, -0.1) is 0 Å². The van der Waals surface area contributed by atoms with Crippen LogP contribution < -0.4 is 0 Å². The van der Waals surface area contributed by atoms with Gasteiger partial charge in [0, 0.05) is 5.92 Å². The molecule has 1 nitrogen and oxygen atoms in total. The van der Waals surface area contributed by atoms with Crippen molar-refractivity contribution in [2.24, 2.45) is 5.92 Å². The zero-order chi connectivity index (χ0) is 14.5. The van der Waals surface area contributed by atoms with Gasteiger partial charge in [0.2, 0.25) is 0 Å². The summed E-state index contributed by atoms with van der Waals surface area (Å²) in [5.41, 5.74) is 5.04. The smallest absolute Gasteiger partial charge is 0.133 e. The molecule has 1 heteroatoms. The topological polar surface area (TPSA) is 17.1 Å². The molecule has 2 aromatic carbocycles. The second-order valence-electron chi connectivity index (χ2n) is 5.63. The Labute approximate surface area is 121 Å². The van der Waals surface area contributed by atoms with Crippen LogP contribution in [0.25, 0.3) is 0 Å². The fraction of sp³-hybridized carbons (Fsp3) is 0.316. The first-order chi connectivity index (χ1) is 9.56. The molecular formula is C19H22O. The monoisotopic (exact) mass is 266 g/mol. The van der Waals surface area contributed by atoms with E-state index in [0.29, 0.717) is 0 Å². The quantitative estimate of drug-likeness (QED) is 0.789. The predicted molar refractivity (Wildman–Crippen MR) is 83.9 cm³/mol. The molecule has 0 aromatic heterocycles. The van der Waals surface area contributed by atoms with E-state index in [1.807, 2.05) is 12.1 Å². The van der Waals surface area contributed by atoms with Gasteiger partial charge >= 0.3 is 0 Å². The van der Waals surface area contributed by atoms with Crippen LogP contribution in [-0.2, 0) is 17.6 Å². The summed E-state index contributed by atoms with van der Waals surface area (Å²) in [5.74, 6) is 0.340. The molecule has 0 aliphatic carbocycles. The first-order valence-electron chi connectivity index (χ1n) is 7.17. The highest BCUT2D eigenvalue weighted by atomic mass is 16.1. The van der Waals surface area contributed by atoms with Gasteiger partial charge in [-0.2, -0.15) is 0 Å². The Morgan fingerprint density at radius 3 is 2.40 bits per heavy atom. The number of hydrogen-bond donors (Lipinski definition) is 0. The van der Waals surface area contributed by atoms with Crippen LogP contribution in [0.2, 0.25) is 0 Å². The van der Waals surface area contributed by atoms with Crippen molar-refractivity contribution < 1.29 is 4.79 Å². The van der Waals surface area contributed by atoms with Gasteiger partial charge in [-0.05, 0) is 50.3 Å². The Hall–Kier alpha value is -1.89. The van der Waals surface area contributed by atoms with Crippen molar-refractivity contribution in [3.63, 3.8) is 0 Å². The van der Waals surface area contributed by atoms with Gasteiger partial charge in [0.25, 0.3) is 0 Å². The summed E-state index contributed by atoms with van der Waals surface area (Å²) in [6.07, 6.45) is 1.65. The average Bonchev–Trinajstić information content (AvgIpc) is 2.40. The Bertz CT molecular complexity index is 598. The van der Waals surface area contributed by atoms with Crippen molar-refractivity contribution in [2.45, 2.75) is 33.6 Å². The fourth-order valence-corrected chi connectivity index (χ4v) is 2.59. The highest BCUT2D eigenvalue weighted by Crippen LogP contribution is 2.19. The Morgan fingerprint density at radius 2 is 1.75 bits per heavy atom. The van der Waals surface area contributed by atoms with E-state index in [2.05, 4.69) is 50.2 Å². The van der Waals surface area contributed by atoms with Gasteiger partial charge < -0.3 is 0 Å². The van der Waals surface area contributed by atoms with Crippen molar-refractivity contribution in [2.75, 3.05) is 0 Å². The molecule has 0 fully saturated rings. The van der Waals surface area contributed by atoms with Crippen LogP contribution in [0.1, 0.15) is 29.2 Å². The summed E-state index contributed by atoms with van der Waals surface area (Å²) in [7, 11) is 0. The van der Waals surface area contributed by atoms with Crippen LogP contribution >= 0.6 is 0 Å². The number of carbonyl (C=O) groups is 1. The average molecular weight is 266 g/mol. The minimum absolute atomic E-state index is 0.0675. The summed E-state index contributed by atoms with van der Waals surface area (Å²) in [6, 6.07) is 16.8. The van der Waals surface area contributed by atoms with Crippen LogP contribution in [0.5, 0.6) is 0 Å². The van der Waals surface area contributed by atoms with Gasteiger partial charge in [0.15, 0.2) is 0 Å². The van der Waals surface area contributed by atoms with Gasteiger partial charge in [-0.3, -0.25) is 4.79 Å². The lowest BCUT2D eigenvalue weighted by Gasteiger charge is -2.16. The largest absolute Gasteiger partial charge is 0.300 e. The second kappa shape index (κ2) is 6.51. The molecule has 0 saturated heterocycles. The lowest BCUT2D eigenvalue weighted by Crippen LogP contribution is -2.17. The lowest BCUT2D eigenvalue weighted by atomic mass is 9.88. The number of hydrogen-bond acceptors (Lipinski definition) is 1. The SMILES string of the molecule is CC(=O)C(Cc1cccc(C)c1)Cc1ccccc1C. The maximum absolute atomic E-state index is 11.9. The van der Waals surface area contributed by atoms with E-state index in [4.69, 9.17) is 0 Å². The van der Waals surface area contributed by atoms with E-state index >= 15 is 0 Å². The standard InChI is InChI=1S/C19H22O/c1-14-7-6-9-17(11-14)12-19(16(3)20)13-18-10-5-4-8-15(18)2/h4-11,19H,12-13H2,1-3H3. The van der Waals surface area contributed by atoms with E-state index < -0.39 is 0 Å². The molecule has 2 rings (SSSR count). The molecule has 1 atom stereocenters. The molecule has 104 valence electrons. The van der Waals surface area contributed by atoms with Crippen LogP contribution in [0.3, 0.4) is 0 Å². The first-order valence-corrected chi connectivity index (χ1v) is 7.17. The molecule has 0 spiro atoms. The van der Waals surface area contributed by atoms with Crippen molar-refractivity contribution in [3.05, 3.63) is 70.8 Å². The molecule has 0 amide bonds. The molecule has 0 heterocycles. The van der Waals surface area contributed by atoms with Gasteiger partial charge in [0.1, 0.15) is 5.78 Å². The van der Waals surface area contributed by atoms with Crippen molar-refractivity contribution in [1.29, 1.82) is 0 Å². The van der Waals surface area contributed by atoms with Crippen molar-refractivity contribution in [1.82, 2.24) is 0 Å². The third-order valence-corrected chi connectivity index (χ3v) is 3.87. The van der Waals surface area contributed by atoms with E-state index in [0.717, 1.165) is 12.8 Å². The summed E-state index contributed by atoms with van der Waals surface area (Å²) in [5, 5.41) is 0. The highest BCUT2D eigenvalue weighted by molar-refractivity contribution is 5.79. The lowest BCUT2D eigenvalue weighted by molar-refractivity contribution is -0.120. The molecule has 0 N–H and O–H groups in total. The number of benzene rings is 2. The van der Waals surface area contributed by atoms with E-state index in [-0.39, 0.29) is 11.7 Å². The van der Waals surface area contributed by atoms with Crippen molar-refractivity contribution >= 4 is 5.78 Å². The molecule has 0 bridgehead atoms. The maximum atomic E-state index is 11.9. The molecule has 1 unspecified atom stereocenters. The first kappa shape index (κ1) is 14.5. The number of aryl methyl sites for hydroxylation is 2. The third kappa shape index (κ3) is 3.80. The summed E-state index contributed by atoms with van der Waals surface area (Å²) >= 11 is 0. The predicted octanol–water partition coefficient (Wildman–Crippen LogP) is 4.29. The number of carbonyl (C=O) groups excluding carboxylic acids is 1. The summed E-state index contributed by atoms with van der Waals surface area (Å²) < 4.78 is 0. The summed E-state index contributed by atoms with van der Waals surface area (Å²) in [4.78, 5) is 11.9. The molecule has 0 aliphatic heterocycles. The number of ketones is 1. The van der Waals surface area contributed by atoms with Crippen molar-refractivity contribution in [3.8, 4) is 0 Å². The molecule has 0 radical (unpaired) electrons. The number of Topliss-reactive ketones (excluding diaryl/α,β-unsaturated/α-hetero) is 1. The van der Waals surface area contributed by atoms with Crippen LogP contribution in [0.4, 0.5) is 0 Å². The molecule has 0 aliphatic rings. The number of rotatable bonds is 5. The Balaban J connectivity index is 2.16. The second-order valence-corrected chi connectivity index (χ2v) is 5.63. The van der Waals surface area contributed by atoms with E-state index in [9.17, 15) is 4.79 Å². The minimum Gasteiger partial charge on any atom is -0.300 e. The zero-order valence-electron chi connectivity index (χ0n) is 12.5. The maximum Gasteiger partial charge on any atom is 0.133 e. The van der Waals surface area contributed by atoms with Gasteiger partial charge in [0.05, 0.1) is 0 Å². The Morgan fingerprint density at radius 1 is 1.00 bits per heavy atom. The molecule has 0 saturated carbocycles. The van der Waals surface area contributed by atoms with Crippen LogP contribution in [0, 0.1) is 19.8 Å². The van der Waals surface area contributed by atoms with Crippen LogP contribution in [-0.4, -0.2) is 5.78 Å². The fourth-order valence-electron chi connectivity index (χ4n) is 2.59. The molecule has 20 heavy (non-hydrogen) atoms. The molecule has 2 aromatic rings. The highest BCUT2D eigenvalue weighted by Gasteiger charge is 2.16. The van der Waals surface area contributed by atoms with Crippen LogP contribution in [0.15, 0.2) is 48.5 Å². The zero-order valence-corrected chi connectivity index (χ0v) is 12.5. The van der Waals surface area contributed by atoms with Gasteiger partial charge in [-0.25, -0.2) is 0 Å². The summed E-state index contributed by atoms with van der Waals surface area (Å²) in [6.45, 7) is 5.91. The third-order valence-electron chi connectivity index (χ3n) is 3.87. The normalized spacial score (nSPS) is 12.2. The Kier molecular flexibility index (Phi) is 4.73.